The van der Waals surface area contributed by atoms with Gasteiger partial charge in [0, 0.05) is 0 Å². The minimum Gasteiger partial charge on any atom is -0.393 e. The summed E-state index contributed by atoms with van der Waals surface area (Å²) < 4.78 is 0. The zero-order valence-corrected chi connectivity index (χ0v) is 10.2. The predicted octanol–water partition coefficient (Wildman–Crippen LogP) is 0.156. The van der Waals surface area contributed by atoms with Gasteiger partial charge in [-0.2, -0.15) is 0 Å². The van der Waals surface area contributed by atoms with Crippen LogP contribution < -0.4 is 10.6 Å². The van der Waals surface area contributed by atoms with Crippen molar-refractivity contribution in [3.8, 4) is 0 Å². The van der Waals surface area contributed by atoms with Crippen LogP contribution in [0.5, 0.6) is 0 Å². The normalized spacial score (nSPS) is 22.7. The summed E-state index contributed by atoms with van der Waals surface area (Å²) in [6.07, 6.45) is 0.000906. The maximum Gasteiger partial charge on any atom is 0.328 e. The Labute approximate surface area is 99.8 Å². The summed E-state index contributed by atoms with van der Waals surface area (Å²) >= 11 is 0. The molecule has 0 saturated carbocycles. The lowest BCUT2D eigenvalue weighted by molar-refractivity contribution is -0.149. The first kappa shape index (κ1) is 13.6. The monoisotopic (exact) mass is 242 g/mol. The number of carbonyl (C=O) groups excluding carboxylic acids is 3. The molecule has 6 nitrogen and oxygen atoms in total. The highest BCUT2D eigenvalue weighted by Crippen LogP contribution is 2.36. The van der Waals surface area contributed by atoms with Gasteiger partial charge in [0.05, 0.1) is 6.10 Å². The van der Waals surface area contributed by atoms with E-state index in [1.807, 2.05) is 0 Å². The van der Waals surface area contributed by atoms with Gasteiger partial charge in [-0.15, -0.1) is 0 Å². The molecule has 3 N–H and O–H groups in total. The summed E-state index contributed by atoms with van der Waals surface area (Å²) in [5.41, 5.74) is -1.27. The van der Waals surface area contributed by atoms with Gasteiger partial charge in [0.2, 0.25) is 11.8 Å². The van der Waals surface area contributed by atoms with Crippen molar-refractivity contribution in [1.29, 1.82) is 0 Å². The van der Waals surface area contributed by atoms with Crippen LogP contribution in [0.2, 0.25) is 0 Å². The Hall–Kier alpha value is -1.43. The highest BCUT2D eigenvalue weighted by Gasteiger charge is 2.52. The Morgan fingerprint density at radius 2 is 1.65 bits per heavy atom. The molecular weight excluding hydrogens is 224 g/mol. The van der Waals surface area contributed by atoms with Crippen LogP contribution in [0.1, 0.15) is 33.6 Å². The highest BCUT2D eigenvalue weighted by atomic mass is 16.3. The molecule has 1 saturated heterocycles. The van der Waals surface area contributed by atoms with Crippen LogP contribution in [0.25, 0.3) is 0 Å². The van der Waals surface area contributed by atoms with Gasteiger partial charge in [0.25, 0.3) is 0 Å². The van der Waals surface area contributed by atoms with E-state index in [1.165, 1.54) is 0 Å². The number of hydrogen-bond acceptors (Lipinski definition) is 4. The molecule has 1 rings (SSSR count). The molecule has 17 heavy (non-hydrogen) atoms. The topological polar surface area (TPSA) is 95.5 Å². The molecule has 0 spiro atoms. The average Bonchev–Trinajstić information content (AvgIpc) is 2.16. The predicted molar refractivity (Wildman–Crippen MR) is 59.9 cm³/mol. The molecule has 0 aromatic heterocycles. The van der Waals surface area contributed by atoms with Gasteiger partial charge in [-0.3, -0.25) is 20.2 Å². The number of aliphatic hydroxyl groups is 1. The second-order valence-electron chi connectivity index (χ2n) is 4.55. The largest absolute Gasteiger partial charge is 0.393 e. The van der Waals surface area contributed by atoms with Gasteiger partial charge < -0.3 is 5.11 Å². The zero-order valence-electron chi connectivity index (χ0n) is 10.2. The Bertz CT molecular complexity index is 331. The number of amides is 4. The minimum atomic E-state index is -1.27. The third kappa shape index (κ3) is 2.31. The first-order valence-electron chi connectivity index (χ1n) is 5.69. The maximum atomic E-state index is 11.9. The summed E-state index contributed by atoms with van der Waals surface area (Å²) in [6, 6.07) is -0.784. The Kier molecular flexibility index (Phi) is 3.87. The lowest BCUT2D eigenvalue weighted by atomic mass is 9.69. The summed E-state index contributed by atoms with van der Waals surface area (Å²) in [5, 5.41) is 13.6. The first-order chi connectivity index (χ1) is 7.84. The van der Waals surface area contributed by atoms with Gasteiger partial charge in [0.15, 0.2) is 0 Å². The van der Waals surface area contributed by atoms with Crippen LogP contribution >= 0.6 is 0 Å². The van der Waals surface area contributed by atoms with E-state index in [0.717, 1.165) is 0 Å². The second kappa shape index (κ2) is 4.83. The average molecular weight is 242 g/mol. The second-order valence-corrected chi connectivity index (χ2v) is 4.55. The molecular formula is C11H18N2O4. The SMILES string of the molecule is CCC1([C@H](C)C[C@@H](C)O)C(=O)NC(=O)NC1=O. The number of hydrogen-bond donors (Lipinski definition) is 3. The molecule has 0 aliphatic carbocycles. The fourth-order valence-corrected chi connectivity index (χ4v) is 2.39. The molecule has 0 bridgehead atoms. The van der Waals surface area contributed by atoms with E-state index < -0.39 is 29.4 Å². The number of urea groups is 1. The third-order valence-corrected chi connectivity index (χ3v) is 3.36. The van der Waals surface area contributed by atoms with Crippen LogP contribution in [0.3, 0.4) is 0 Å². The van der Waals surface area contributed by atoms with Crippen LogP contribution in [-0.2, 0) is 9.59 Å². The van der Waals surface area contributed by atoms with E-state index in [1.54, 1.807) is 20.8 Å². The number of rotatable bonds is 4. The first-order valence-corrected chi connectivity index (χ1v) is 5.69. The molecule has 1 aliphatic heterocycles. The third-order valence-electron chi connectivity index (χ3n) is 3.36. The summed E-state index contributed by atoms with van der Waals surface area (Å²) in [7, 11) is 0. The number of barbiturate groups is 1. The molecule has 96 valence electrons. The van der Waals surface area contributed by atoms with E-state index in [2.05, 4.69) is 10.6 Å². The summed E-state index contributed by atoms with van der Waals surface area (Å²) in [6.45, 7) is 5.04. The van der Waals surface area contributed by atoms with Crippen LogP contribution in [0.4, 0.5) is 4.79 Å². The quantitative estimate of drug-likeness (QED) is 0.612. The van der Waals surface area contributed by atoms with Crippen LogP contribution in [-0.4, -0.2) is 29.1 Å². The van der Waals surface area contributed by atoms with Crippen molar-refractivity contribution in [1.82, 2.24) is 10.6 Å². The van der Waals surface area contributed by atoms with E-state index in [-0.39, 0.29) is 12.3 Å². The summed E-state index contributed by atoms with van der Waals surface area (Å²) in [4.78, 5) is 34.9. The molecule has 1 fully saturated rings. The Morgan fingerprint density at radius 3 is 2.00 bits per heavy atom. The van der Waals surface area contributed by atoms with Crippen molar-refractivity contribution in [3.63, 3.8) is 0 Å². The van der Waals surface area contributed by atoms with Crippen molar-refractivity contribution in [2.45, 2.75) is 39.7 Å². The molecule has 0 unspecified atom stereocenters. The van der Waals surface area contributed by atoms with Gasteiger partial charge in [-0.25, -0.2) is 4.79 Å². The van der Waals surface area contributed by atoms with Crippen molar-refractivity contribution < 1.29 is 19.5 Å². The molecule has 4 amide bonds. The lowest BCUT2D eigenvalue weighted by Gasteiger charge is -2.38. The van der Waals surface area contributed by atoms with E-state index in [0.29, 0.717) is 6.42 Å². The zero-order chi connectivity index (χ0) is 13.2. The van der Waals surface area contributed by atoms with E-state index in [9.17, 15) is 19.5 Å². The molecule has 6 heteroatoms. The standard InChI is InChI=1S/C11H18N2O4/c1-4-11(6(2)5-7(3)14)8(15)12-10(17)13-9(11)16/h6-7,14H,4-5H2,1-3H3,(H2,12,13,15,16,17)/t6-,7-/m1/s1. The summed E-state index contributed by atoms with van der Waals surface area (Å²) in [5.74, 6) is -1.51. The molecule has 2 atom stereocenters. The number of carbonyl (C=O) groups is 3. The van der Waals surface area contributed by atoms with E-state index >= 15 is 0 Å². The highest BCUT2D eigenvalue weighted by molar-refractivity contribution is 6.19. The Balaban J connectivity index is 3.04. The van der Waals surface area contributed by atoms with Crippen molar-refractivity contribution in [2.75, 3.05) is 0 Å². The fourth-order valence-electron chi connectivity index (χ4n) is 2.39. The van der Waals surface area contributed by atoms with Crippen molar-refractivity contribution >= 4 is 17.8 Å². The van der Waals surface area contributed by atoms with Crippen molar-refractivity contribution in [3.05, 3.63) is 0 Å². The van der Waals surface area contributed by atoms with Gasteiger partial charge in [-0.05, 0) is 25.7 Å². The van der Waals surface area contributed by atoms with Crippen molar-refractivity contribution in [2.24, 2.45) is 11.3 Å². The molecule has 1 heterocycles. The lowest BCUT2D eigenvalue weighted by Crippen LogP contribution is -2.64. The number of aliphatic hydroxyl groups excluding tert-OH is 1. The number of nitrogens with one attached hydrogen (secondary N) is 2. The van der Waals surface area contributed by atoms with E-state index in [4.69, 9.17) is 0 Å². The van der Waals surface area contributed by atoms with Gasteiger partial charge in [0.1, 0.15) is 5.41 Å². The van der Waals surface area contributed by atoms with Gasteiger partial charge >= 0.3 is 6.03 Å². The van der Waals surface area contributed by atoms with Gasteiger partial charge in [-0.1, -0.05) is 13.8 Å². The Morgan fingerprint density at radius 1 is 1.18 bits per heavy atom. The molecule has 0 aromatic rings. The van der Waals surface area contributed by atoms with Crippen LogP contribution in [0.15, 0.2) is 0 Å². The molecule has 0 radical (unpaired) electrons. The molecule has 0 aromatic carbocycles. The van der Waals surface area contributed by atoms with Crippen LogP contribution in [0, 0.1) is 11.3 Å². The maximum absolute atomic E-state index is 11.9. The minimum absolute atomic E-state index is 0.284. The molecule has 1 aliphatic rings. The fraction of sp³-hybridized carbons (Fsp3) is 0.727. The number of imide groups is 2. The smallest absolute Gasteiger partial charge is 0.328 e.